The minimum atomic E-state index is -4.75. The number of halogens is 3. The second kappa shape index (κ2) is 8.85. The van der Waals surface area contributed by atoms with Gasteiger partial charge in [-0.3, -0.25) is 10.2 Å². The fourth-order valence-electron chi connectivity index (χ4n) is 3.26. The Hall–Kier alpha value is -4.81. The number of alkyl halides is 3. The number of carboxylic acid groups (broad SMARTS) is 1. The van der Waals surface area contributed by atoms with E-state index in [0.29, 0.717) is 16.6 Å². The van der Waals surface area contributed by atoms with E-state index in [9.17, 15) is 33.0 Å². The third-order valence-corrected chi connectivity index (χ3v) is 4.88. The Bertz CT molecular complexity index is 1400. The average Bonchev–Trinajstić information content (AvgIpc) is 3.10. The second-order valence-corrected chi connectivity index (χ2v) is 7.16. The van der Waals surface area contributed by atoms with Crippen molar-refractivity contribution in [3.05, 3.63) is 66.0 Å². The maximum Gasteiger partial charge on any atom is 0.433 e. The van der Waals surface area contributed by atoms with E-state index in [1.807, 2.05) is 0 Å². The molecule has 0 fully saturated rings. The number of phenolic OH excluding ortho intramolecular Hbond substituents is 1. The molecule has 2 heterocycles. The number of aromatic hydroxyl groups is 1. The van der Waals surface area contributed by atoms with Crippen LogP contribution < -0.4 is 10.4 Å². The van der Waals surface area contributed by atoms with Crippen molar-refractivity contribution in [2.45, 2.75) is 13.1 Å². The van der Waals surface area contributed by atoms with Crippen molar-refractivity contribution in [2.24, 2.45) is 10.2 Å². The van der Waals surface area contributed by atoms with Gasteiger partial charge in [-0.15, -0.1) is 0 Å². The lowest BCUT2D eigenvalue weighted by molar-refractivity contribution is -0.141. The van der Waals surface area contributed by atoms with E-state index in [4.69, 9.17) is 0 Å². The zero-order valence-corrected chi connectivity index (χ0v) is 17.8. The third-order valence-electron chi connectivity index (χ3n) is 4.88. The number of aromatic carboxylic acids is 1. The molecule has 0 aliphatic carbocycles. The van der Waals surface area contributed by atoms with Gasteiger partial charge in [-0.1, -0.05) is 30.3 Å². The van der Waals surface area contributed by atoms with Crippen molar-refractivity contribution in [3.63, 3.8) is 0 Å². The van der Waals surface area contributed by atoms with Crippen molar-refractivity contribution in [1.29, 1.82) is 0 Å². The number of nitrogens with zero attached hydrogens (tertiary/aromatic N) is 5. The van der Waals surface area contributed by atoms with Crippen LogP contribution in [0.1, 0.15) is 23.0 Å². The Labute approximate surface area is 195 Å². The molecule has 178 valence electrons. The van der Waals surface area contributed by atoms with Crippen LogP contribution in [0.2, 0.25) is 0 Å². The van der Waals surface area contributed by atoms with E-state index in [0.717, 1.165) is 6.20 Å². The summed E-state index contributed by atoms with van der Waals surface area (Å²) in [4.78, 5) is 31.7. The van der Waals surface area contributed by atoms with Crippen LogP contribution >= 0.6 is 0 Å². The summed E-state index contributed by atoms with van der Waals surface area (Å²) in [6.45, 7) is 1.39. The monoisotopic (exact) mass is 484 g/mol. The van der Waals surface area contributed by atoms with Gasteiger partial charge in [0.2, 0.25) is 0 Å². The first-order valence-corrected chi connectivity index (χ1v) is 9.86. The molecule has 0 bridgehead atoms. The zero-order valence-electron chi connectivity index (χ0n) is 17.8. The van der Waals surface area contributed by atoms with Gasteiger partial charge in [0.05, 0.1) is 17.0 Å². The Morgan fingerprint density at radius 1 is 1.09 bits per heavy atom. The summed E-state index contributed by atoms with van der Waals surface area (Å²) in [5.74, 6) is -2.94. The molecule has 4 rings (SSSR count). The molecule has 1 aliphatic rings. The summed E-state index contributed by atoms with van der Waals surface area (Å²) in [6, 6.07) is 11.2. The SMILES string of the molecule is CC1=NN(c2nccc(C(F)(F)F)n2)C(=O)/C1=N\Nc1c(C(=O)O)cccc1-c1ccccc1O. The number of aromatic nitrogens is 2. The lowest BCUT2D eigenvalue weighted by atomic mass is 9.99. The number of carbonyl (C=O) groups is 2. The number of carbonyl (C=O) groups excluding carboxylic acids is 1. The molecular formula is C22H15F3N6O4. The highest BCUT2D eigenvalue weighted by Gasteiger charge is 2.36. The molecule has 0 atom stereocenters. The van der Waals surface area contributed by atoms with Gasteiger partial charge < -0.3 is 10.2 Å². The largest absolute Gasteiger partial charge is 0.507 e. The number of hydrazone groups is 2. The van der Waals surface area contributed by atoms with Gasteiger partial charge in [0.1, 0.15) is 11.4 Å². The quantitative estimate of drug-likeness (QED) is 0.469. The molecule has 1 aliphatic heterocycles. The number of amides is 1. The minimum Gasteiger partial charge on any atom is -0.507 e. The van der Waals surface area contributed by atoms with E-state index in [1.54, 1.807) is 24.3 Å². The number of benzene rings is 2. The summed E-state index contributed by atoms with van der Waals surface area (Å²) < 4.78 is 39.0. The number of rotatable bonds is 5. The minimum absolute atomic E-state index is 0.0247. The molecule has 1 amide bonds. The molecule has 2 aromatic carbocycles. The van der Waals surface area contributed by atoms with Crippen LogP contribution in [-0.4, -0.2) is 43.5 Å². The molecule has 0 radical (unpaired) electrons. The van der Waals surface area contributed by atoms with E-state index in [-0.39, 0.29) is 34.0 Å². The Morgan fingerprint density at radius 3 is 2.49 bits per heavy atom. The molecule has 3 N–H and O–H groups in total. The van der Waals surface area contributed by atoms with Crippen molar-refractivity contribution in [3.8, 4) is 16.9 Å². The first-order chi connectivity index (χ1) is 16.6. The van der Waals surface area contributed by atoms with Gasteiger partial charge in [0.15, 0.2) is 5.71 Å². The van der Waals surface area contributed by atoms with Crippen molar-refractivity contribution in [1.82, 2.24) is 9.97 Å². The first kappa shape index (κ1) is 23.4. The number of carboxylic acids is 1. The predicted octanol–water partition coefficient (Wildman–Crippen LogP) is 3.76. The summed E-state index contributed by atoms with van der Waals surface area (Å²) in [7, 11) is 0. The van der Waals surface area contributed by atoms with E-state index < -0.39 is 29.7 Å². The third kappa shape index (κ3) is 4.51. The van der Waals surface area contributed by atoms with Crippen molar-refractivity contribution >= 4 is 34.9 Å². The Kier molecular flexibility index (Phi) is 5.91. The van der Waals surface area contributed by atoms with Crippen LogP contribution in [0.5, 0.6) is 5.75 Å². The maximum absolute atomic E-state index is 13.0. The molecule has 0 saturated carbocycles. The van der Waals surface area contributed by atoms with Crippen molar-refractivity contribution < 1.29 is 33.0 Å². The number of anilines is 2. The van der Waals surface area contributed by atoms with E-state index >= 15 is 0 Å². The summed E-state index contributed by atoms with van der Waals surface area (Å²) in [6.07, 6.45) is -3.91. The average molecular weight is 484 g/mol. The molecule has 10 nitrogen and oxygen atoms in total. The predicted molar refractivity (Wildman–Crippen MR) is 119 cm³/mol. The van der Waals surface area contributed by atoms with Gasteiger partial charge in [0, 0.05) is 17.3 Å². The normalized spacial score (nSPS) is 14.9. The molecule has 35 heavy (non-hydrogen) atoms. The lowest BCUT2D eigenvalue weighted by Crippen LogP contribution is -2.29. The smallest absolute Gasteiger partial charge is 0.433 e. The number of hydrogen-bond acceptors (Lipinski definition) is 8. The fourth-order valence-corrected chi connectivity index (χ4v) is 3.26. The standard InChI is InChI=1S/C22H15F3N6O4/c1-11-17(19(33)31(30-11)21-26-10-9-16(27-21)22(23,24)25)28-29-18-13(6-4-7-14(18)20(34)35)12-5-2-3-8-15(12)32/h2-10,29,32H,1H3,(H,34,35)/b28-17-. The van der Waals surface area contributed by atoms with E-state index in [1.165, 1.54) is 25.1 Å². The Morgan fingerprint density at radius 2 is 1.80 bits per heavy atom. The number of nitrogens with one attached hydrogen (secondary N) is 1. The van der Waals surface area contributed by atoms with Crippen LogP contribution in [0.4, 0.5) is 24.8 Å². The van der Waals surface area contributed by atoms with Gasteiger partial charge in [-0.05, 0) is 25.1 Å². The van der Waals surface area contributed by atoms with Crippen LogP contribution in [0.15, 0.2) is 64.9 Å². The summed E-state index contributed by atoms with van der Waals surface area (Å²) in [5.41, 5.74) is 1.39. The fraction of sp³-hybridized carbons (Fsp3) is 0.0909. The van der Waals surface area contributed by atoms with Crippen LogP contribution in [0.3, 0.4) is 0 Å². The molecular weight excluding hydrogens is 469 g/mol. The molecule has 1 aromatic heterocycles. The maximum atomic E-state index is 13.0. The highest BCUT2D eigenvalue weighted by molar-refractivity contribution is 6.71. The van der Waals surface area contributed by atoms with Crippen LogP contribution in [0.25, 0.3) is 11.1 Å². The van der Waals surface area contributed by atoms with E-state index in [2.05, 4.69) is 25.6 Å². The van der Waals surface area contributed by atoms with Crippen LogP contribution in [-0.2, 0) is 11.0 Å². The number of phenols is 1. The van der Waals surface area contributed by atoms with Crippen LogP contribution in [0, 0.1) is 0 Å². The summed E-state index contributed by atoms with van der Waals surface area (Å²) in [5, 5.41) is 28.3. The summed E-state index contributed by atoms with van der Waals surface area (Å²) >= 11 is 0. The Balaban J connectivity index is 1.71. The highest BCUT2D eigenvalue weighted by Crippen LogP contribution is 2.36. The highest BCUT2D eigenvalue weighted by atomic mass is 19.4. The molecule has 0 unspecified atom stereocenters. The topological polar surface area (TPSA) is 140 Å². The van der Waals surface area contributed by atoms with Gasteiger partial charge in [-0.25, -0.2) is 14.8 Å². The molecule has 3 aromatic rings. The zero-order chi connectivity index (χ0) is 25.3. The number of para-hydroxylation sites is 2. The lowest BCUT2D eigenvalue weighted by Gasteiger charge is -2.14. The van der Waals surface area contributed by atoms with Gasteiger partial charge in [0.25, 0.3) is 5.95 Å². The second-order valence-electron chi connectivity index (χ2n) is 7.16. The molecule has 0 spiro atoms. The molecule has 0 saturated heterocycles. The molecule has 13 heteroatoms. The first-order valence-electron chi connectivity index (χ1n) is 9.86. The van der Waals surface area contributed by atoms with Gasteiger partial charge in [-0.2, -0.15) is 28.4 Å². The number of hydrogen-bond donors (Lipinski definition) is 3. The van der Waals surface area contributed by atoms with Gasteiger partial charge >= 0.3 is 18.1 Å². The van der Waals surface area contributed by atoms with Crippen molar-refractivity contribution in [2.75, 3.05) is 10.4 Å².